The van der Waals surface area contributed by atoms with Crippen molar-refractivity contribution in [3.05, 3.63) is 0 Å². The van der Waals surface area contributed by atoms with Crippen LogP contribution >= 0.6 is 0 Å². The summed E-state index contributed by atoms with van der Waals surface area (Å²) < 4.78 is 0. The minimum Gasteiger partial charge on any atom is -0.481 e. The molecule has 1 atom stereocenters. The number of carboxylic acids is 1. The Morgan fingerprint density at radius 2 is 2.00 bits per heavy atom. The predicted molar refractivity (Wildman–Crippen MR) is 64.5 cm³/mol. The summed E-state index contributed by atoms with van der Waals surface area (Å²) in [6.07, 6.45) is 0. The van der Waals surface area contributed by atoms with Gasteiger partial charge in [-0.05, 0) is 34.6 Å². The molecular weight excluding hydrogens is 204 g/mol. The average molecular weight is 228 g/mol. The number of carboxylic acid groups (broad SMARTS) is 1. The zero-order valence-electron chi connectivity index (χ0n) is 11.0. The van der Waals surface area contributed by atoms with Crippen molar-refractivity contribution in [1.82, 2.24) is 10.2 Å². The summed E-state index contributed by atoms with van der Waals surface area (Å²) in [7, 11) is 0. The molecule has 4 heteroatoms. The van der Waals surface area contributed by atoms with E-state index in [4.69, 9.17) is 5.11 Å². The fourth-order valence-electron chi connectivity index (χ4n) is 2.00. The largest absolute Gasteiger partial charge is 0.481 e. The van der Waals surface area contributed by atoms with Crippen LogP contribution in [0, 0.1) is 5.92 Å². The first-order valence-corrected chi connectivity index (χ1v) is 5.85. The summed E-state index contributed by atoms with van der Waals surface area (Å²) in [6.45, 7) is 12.7. The van der Waals surface area contributed by atoms with Crippen molar-refractivity contribution in [1.29, 1.82) is 0 Å². The molecule has 2 N–H and O–H groups in total. The van der Waals surface area contributed by atoms with Gasteiger partial charge in [0.2, 0.25) is 0 Å². The van der Waals surface area contributed by atoms with Gasteiger partial charge in [-0.3, -0.25) is 9.69 Å². The Hall–Kier alpha value is -0.610. The minimum absolute atomic E-state index is 0.0109. The van der Waals surface area contributed by atoms with Gasteiger partial charge in [0.05, 0.1) is 5.92 Å². The first-order valence-electron chi connectivity index (χ1n) is 5.85. The molecule has 0 radical (unpaired) electrons. The maximum Gasteiger partial charge on any atom is 0.309 e. The van der Waals surface area contributed by atoms with Crippen LogP contribution in [0.5, 0.6) is 0 Å². The molecule has 4 nitrogen and oxygen atoms in total. The highest BCUT2D eigenvalue weighted by molar-refractivity contribution is 5.70. The van der Waals surface area contributed by atoms with Gasteiger partial charge >= 0.3 is 5.97 Å². The first-order chi connectivity index (χ1) is 7.12. The molecule has 0 aromatic heterocycles. The number of hydrogen-bond donors (Lipinski definition) is 2. The number of hydrogen-bond acceptors (Lipinski definition) is 3. The maximum absolute atomic E-state index is 11.1. The van der Waals surface area contributed by atoms with Gasteiger partial charge in [-0.25, -0.2) is 0 Å². The molecule has 1 aliphatic heterocycles. The SMILES string of the molecule is CC1(C)CN(C(C)(C)C)CC(C(=O)O)CN1. The van der Waals surface area contributed by atoms with E-state index >= 15 is 0 Å². The standard InChI is InChI=1S/C12H24N2O2/c1-11(2,3)14-7-9(10(15)16)6-13-12(4,5)8-14/h9,13H,6-8H2,1-5H3,(H,15,16). The Balaban J connectivity index is 2.86. The summed E-state index contributed by atoms with van der Waals surface area (Å²) >= 11 is 0. The van der Waals surface area contributed by atoms with Crippen molar-refractivity contribution in [2.45, 2.75) is 45.7 Å². The monoisotopic (exact) mass is 228 g/mol. The van der Waals surface area contributed by atoms with Crippen molar-refractivity contribution in [3.8, 4) is 0 Å². The average Bonchev–Trinajstić information content (AvgIpc) is 2.22. The Bertz CT molecular complexity index is 269. The van der Waals surface area contributed by atoms with Gasteiger partial charge in [-0.15, -0.1) is 0 Å². The molecule has 0 bridgehead atoms. The Morgan fingerprint density at radius 1 is 1.44 bits per heavy atom. The number of carbonyl (C=O) groups is 1. The summed E-state index contributed by atoms with van der Waals surface area (Å²) in [5, 5.41) is 12.5. The maximum atomic E-state index is 11.1. The van der Waals surface area contributed by atoms with Crippen molar-refractivity contribution >= 4 is 5.97 Å². The topological polar surface area (TPSA) is 52.6 Å². The quantitative estimate of drug-likeness (QED) is 0.707. The normalized spacial score (nSPS) is 27.4. The van der Waals surface area contributed by atoms with Crippen molar-refractivity contribution < 1.29 is 9.90 Å². The van der Waals surface area contributed by atoms with E-state index in [-0.39, 0.29) is 17.0 Å². The molecule has 1 heterocycles. The van der Waals surface area contributed by atoms with Crippen molar-refractivity contribution in [2.75, 3.05) is 19.6 Å². The van der Waals surface area contributed by atoms with Crippen LogP contribution in [-0.4, -0.2) is 46.7 Å². The summed E-state index contributed by atoms with van der Waals surface area (Å²) in [6, 6.07) is 0. The second-order valence-corrected chi connectivity index (χ2v) is 6.35. The number of rotatable bonds is 1. The fraction of sp³-hybridized carbons (Fsp3) is 0.917. The van der Waals surface area contributed by atoms with Gasteiger partial charge < -0.3 is 10.4 Å². The van der Waals surface area contributed by atoms with E-state index in [1.54, 1.807) is 0 Å². The van der Waals surface area contributed by atoms with Gasteiger partial charge in [-0.2, -0.15) is 0 Å². The summed E-state index contributed by atoms with van der Waals surface area (Å²) in [5.41, 5.74) is -0.0194. The summed E-state index contributed by atoms with van der Waals surface area (Å²) in [4.78, 5) is 13.4. The van der Waals surface area contributed by atoms with Gasteiger partial charge in [0, 0.05) is 30.7 Å². The molecule has 0 aromatic carbocycles. The Kier molecular flexibility index (Phi) is 3.65. The molecule has 16 heavy (non-hydrogen) atoms. The number of nitrogens with one attached hydrogen (secondary N) is 1. The highest BCUT2D eigenvalue weighted by Crippen LogP contribution is 2.22. The third-order valence-corrected chi connectivity index (χ3v) is 3.15. The number of aliphatic carboxylic acids is 1. The van der Waals surface area contributed by atoms with Crippen LogP contribution in [0.3, 0.4) is 0 Å². The van der Waals surface area contributed by atoms with E-state index in [0.29, 0.717) is 13.1 Å². The highest BCUT2D eigenvalue weighted by atomic mass is 16.4. The van der Waals surface area contributed by atoms with Crippen LogP contribution in [0.4, 0.5) is 0 Å². The molecule has 0 amide bonds. The lowest BCUT2D eigenvalue weighted by atomic mass is 9.99. The third kappa shape index (κ3) is 3.46. The van der Waals surface area contributed by atoms with Crippen LogP contribution in [0.2, 0.25) is 0 Å². The van der Waals surface area contributed by atoms with E-state index in [1.807, 2.05) is 0 Å². The first kappa shape index (κ1) is 13.5. The van der Waals surface area contributed by atoms with Gasteiger partial charge in [0.15, 0.2) is 0 Å². The van der Waals surface area contributed by atoms with Gasteiger partial charge in [0.1, 0.15) is 0 Å². The lowest BCUT2D eigenvalue weighted by Gasteiger charge is -2.39. The van der Waals surface area contributed by atoms with Crippen LogP contribution in [0.25, 0.3) is 0 Å². The molecule has 1 rings (SSSR count). The highest BCUT2D eigenvalue weighted by Gasteiger charge is 2.35. The Morgan fingerprint density at radius 3 is 2.44 bits per heavy atom. The second-order valence-electron chi connectivity index (χ2n) is 6.35. The Labute approximate surface area is 98.0 Å². The molecule has 1 saturated heterocycles. The molecule has 1 aliphatic rings. The van der Waals surface area contributed by atoms with E-state index in [1.165, 1.54) is 0 Å². The molecular formula is C12H24N2O2. The van der Waals surface area contributed by atoms with E-state index in [0.717, 1.165) is 6.54 Å². The van der Waals surface area contributed by atoms with Crippen LogP contribution in [-0.2, 0) is 4.79 Å². The van der Waals surface area contributed by atoms with E-state index < -0.39 is 5.97 Å². The zero-order chi connectivity index (χ0) is 12.6. The molecule has 0 aromatic rings. The second kappa shape index (κ2) is 4.34. The zero-order valence-corrected chi connectivity index (χ0v) is 11.0. The molecule has 0 aliphatic carbocycles. The third-order valence-electron chi connectivity index (χ3n) is 3.15. The van der Waals surface area contributed by atoms with Crippen LogP contribution < -0.4 is 5.32 Å². The van der Waals surface area contributed by atoms with Gasteiger partial charge in [-0.1, -0.05) is 0 Å². The van der Waals surface area contributed by atoms with Crippen molar-refractivity contribution in [2.24, 2.45) is 5.92 Å². The molecule has 0 saturated carbocycles. The number of nitrogens with zero attached hydrogens (tertiary/aromatic N) is 1. The molecule has 0 spiro atoms. The predicted octanol–water partition coefficient (Wildman–Crippen LogP) is 1.17. The minimum atomic E-state index is -0.709. The summed E-state index contributed by atoms with van der Waals surface area (Å²) in [5.74, 6) is -1.03. The van der Waals surface area contributed by atoms with Crippen LogP contribution in [0.15, 0.2) is 0 Å². The lowest BCUT2D eigenvalue weighted by molar-refractivity contribution is -0.142. The van der Waals surface area contributed by atoms with E-state index in [2.05, 4.69) is 44.8 Å². The van der Waals surface area contributed by atoms with Crippen molar-refractivity contribution in [3.63, 3.8) is 0 Å². The van der Waals surface area contributed by atoms with Gasteiger partial charge in [0.25, 0.3) is 0 Å². The van der Waals surface area contributed by atoms with E-state index in [9.17, 15) is 4.79 Å². The molecule has 94 valence electrons. The molecule has 1 fully saturated rings. The van der Waals surface area contributed by atoms with Crippen LogP contribution in [0.1, 0.15) is 34.6 Å². The lowest BCUT2D eigenvalue weighted by Crippen LogP contribution is -2.51. The smallest absolute Gasteiger partial charge is 0.309 e. The fourth-order valence-corrected chi connectivity index (χ4v) is 2.00. The molecule has 1 unspecified atom stereocenters.